The van der Waals surface area contributed by atoms with Crippen molar-refractivity contribution in [2.75, 3.05) is 27.3 Å². The summed E-state index contributed by atoms with van der Waals surface area (Å²) in [5.41, 5.74) is 1.46. The number of ether oxygens (including phenoxy) is 2. The summed E-state index contributed by atoms with van der Waals surface area (Å²) < 4.78 is 11.3. The minimum Gasteiger partial charge on any atom is -0.497 e. The maximum Gasteiger partial charge on any atom is 0.119 e. The Morgan fingerprint density at radius 2 is 2.00 bits per heavy atom. The average Bonchev–Trinajstić information content (AvgIpc) is 2.36. The standard InChI is InChI=1S/C16H27NO2/c1-16(2,3)9-10-19-15(12-17-4)13-7-6-8-14(11-13)18-5/h6-8,11,15,17H,9-10,12H2,1-5H3. The molecular formula is C16H27NO2. The van der Waals surface area contributed by atoms with Gasteiger partial charge in [0.05, 0.1) is 13.2 Å². The van der Waals surface area contributed by atoms with E-state index in [0.29, 0.717) is 5.41 Å². The predicted molar refractivity (Wildman–Crippen MR) is 79.7 cm³/mol. The van der Waals surface area contributed by atoms with Crippen LogP contribution in [0.4, 0.5) is 0 Å². The number of likely N-dealkylation sites (N-methyl/N-ethyl adjacent to an activating group) is 1. The summed E-state index contributed by atoms with van der Waals surface area (Å²) in [6, 6.07) is 8.08. The van der Waals surface area contributed by atoms with E-state index in [1.165, 1.54) is 0 Å². The zero-order chi connectivity index (χ0) is 14.3. The van der Waals surface area contributed by atoms with Crippen LogP contribution in [0.25, 0.3) is 0 Å². The van der Waals surface area contributed by atoms with Gasteiger partial charge >= 0.3 is 0 Å². The lowest BCUT2D eigenvalue weighted by Gasteiger charge is -2.22. The first-order valence-electron chi connectivity index (χ1n) is 6.86. The fourth-order valence-electron chi connectivity index (χ4n) is 1.81. The number of benzene rings is 1. The quantitative estimate of drug-likeness (QED) is 0.819. The van der Waals surface area contributed by atoms with Gasteiger partial charge in [-0.1, -0.05) is 32.9 Å². The minimum atomic E-state index is 0.0717. The molecule has 19 heavy (non-hydrogen) atoms. The van der Waals surface area contributed by atoms with E-state index < -0.39 is 0 Å². The second-order valence-electron chi connectivity index (χ2n) is 6.00. The highest BCUT2D eigenvalue weighted by Gasteiger charge is 2.15. The molecule has 0 heterocycles. The van der Waals surface area contributed by atoms with E-state index in [2.05, 4.69) is 32.2 Å². The van der Waals surface area contributed by atoms with Crippen LogP contribution in [0.2, 0.25) is 0 Å². The Labute approximate surface area is 117 Å². The lowest BCUT2D eigenvalue weighted by atomic mass is 9.93. The highest BCUT2D eigenvalue weighted by atomic mass is 16.5. The molecule has 0 bridgehead atoms. The van der Waals surface area contributed by atoms with Crippen molar-refractivity contribution < 1.29 is 9.47 Å². The van der Waals surface area contributed by atoms with Crippen LogP contribution in [0, 0.1) is 5.41 Å². The Hall–Kier alpha value is -1.06. The number of rotatable bonds is 7. The van der Waals surface area contributed by atoms with Gasteiger partial charge in [0, 0.05) is 13.2 Å². The zero-order valence-corrected chi connectivity index (χ0v) is 12.8. The van der Waals surface area contributed by atoms with Gasteiger partial charge in [-0.3, -0.25) is 0 Å². The van der Waals surface area contributed by atoms with Crippen molar-refractivity contribution in [1.82, 2.24) is 5.32 Å². The molecule has 0 radical (unpaired) electrons. The van der Waals surface area contributed by atoms with Gasteiger partial charge in [-0.15, -0.1) is 0 Å². The first-order valence-corrected chi connectivity index (χ1v) is 6.86. The van der Waals surface area contributed by atoms with E-state index in [1.807, 2.05) is 25.2 Å². The van der Waals surface area contributed by atoms with E-state index >= 15 is 0 Å². The zero-order valence-electron chi connectivity index (χ0n) is 12.8. The maximum atomic E-state index is 6.03. The molecule has 0 aliphatic heterocycles. The molecular weight excluding hydrogens is 238 g/mol. The molecule has 1 aromatic carbocycles. The van der Waals surface area contributed by atoms with Crippen LogP contribution in [0.5, 0.6) is 5.75 Å². The Morgan fingerprint density at radius 1 is 1.26 bits per heavy atom. The van der Waals surface area contributed by atoms with Gasteiger partial charge in [0.25, 0.3) is 0 Å². The summed E-state index contributed by atoms with van der Waals surface area (Å²) in [5, 5.41) is 3.19. The highest BCUT2D eigenvalue weighted by molar-refractivity contribution is 5.30. The summed E-state index contributed by atoms with van der Waals surface area (Å²) in [6.45, 7) is 8.27. The molecule has 0 aliphatic carbocycles. The SMILES string of the molecule is CNCC(OCCC(C)(C)C)c1cccc(OC)c1. The minimum absolute atomic E-state index is 0.0717. The molecule has 1 unspecified atom stereocenters. The molecule has 0 fully saturated rings. The number of hydrogen-bond donors (Lipinski definition) is 1. The highest BCUT2D eigenvalue weighted by Crippen LogP contribution is 2.24. The fraction of sp³-hybridized carbons (Fsp3) is 0.625. The van der Waals surface area contributed by atoms with Crippen molar-refractivity contribution in [3.8, 4) is 5.75 Å². The Balaban J connectivity index is 2.65. The van der Waals surface area contributed by atoms with E-state index in [1.54, 1.807) is 7.11 Å². The number of hydrogen-bond acceptors (Lipinski definition) is 3. The van der Waals surface area contributed by atoms with Gasteiger partial charge in [0.1, 0.15) is 5.75 Å². The molecule has 3 nitrogen and oxygen atoms in total. The third kappa shape index (κ3) is 6.08. The topological polar surface area (TPSA) is 30.5 Å². The molecule has 0 saturated carbocycles. The summed E-state index contributed by atoms with van der Waals surface area (Å²) in [4.78, 5) is 0. The fourth-order valence-corrected chi connectivity index (χ4v) is 1.81. The van der Waals surface area contributed by atoms with Gasteiger partial charge < -0.3 is 14.8 Å². The van der Waals surface area contributed by atoms with Crippen LogP contribution in [0.15, 0.2) is 24.3 Å². The first kappa shape index (κ1) is 16.0. The lowest BCUT2D eigenvalue weighted by Crippen LogP contribution is -2.21. The Kier molecular flexibility index (Phi) is 6.32. The van der Waals surface area contributed by atoms with Crippen LogP contribution < -0.4 is 10.1 Å². The van der Waals surface area contributed by atoms with Crippen LogP contribution in [-0.2, 0) is 4.74 Å². The molecule has 0 aromatic heterocycles. The molecule has 0 amide bonds. The molecule has 1 N–H and O–H groups in total. The maximum absolute atomic E-state index is 6.03. The van der Waals surface area contributed by atoms with E-state index in [0.717, 1.165) is 30.9 Å². The van der Waals surface area contributed by atoms with Gasteiger partial charge in [-0.05, 0) is 36.6 Å². The van der Waals surface area contributed by atoms with E-state index in [4.69, 9.17) is 9.47 Å². The largest absolute Gasteiger partial charge is 0.497 e. The van der Waals surface area contributed by atoms with Crippen molar-refractivity contribution in [2.24, 2.45) is 5.41 Å². The van der Waals surface area contributed by atoms with Crippen molar-refractivity contribution in [3.63, 3.8) is 0 Å². The molecule has 0 aliphatic rings. The van der Waals surface area contributed by atoms with E-state index in [9.17, 15) is 0 Å². The average molecular weight is 265 g/mol. The molecule has 1 aromatic rings. The second kappa shape index (κ2) is 7.51. The molecule has 0 spiro atoms. The molecule has 0 saturated heterocycles. The molecule has 1 rings (SSSR count). The van der Waals surface area contributed by atoms with Gasteiger partial charge in [-0.2, -0.15) is 0 Å². The van der Waals surface area contributed by atoms with Crippen molar-refractivity contribution in [1.29, 1.82) is 0 Å². The normalized spacial score (nSPS) is 13.3. The summed E-state index contributed by atoms with van der Waals surface area (Å²) >= 11 is 0. The van der Waals surface area contributed by atoms with E-state index in [-0.39, 0.29) is 6.10 Å². The van der Waals surface area contributed by atoms with Crippen LogP contribution >= 0.6 is 0 Å². The van der Waals surface area contributed by atoms with Crippen LogP contribution in [0.1, 0.15) is 38.9 Å². The second-order valence-corrected chi connectivity index (χ2v) is 6.00. The van der Waals surface area contributed by atoms with Crippen molar-refractivity contribution in [2.45, 2.75) is 33.3 Å². The summed E-state index contributed by atoms with van der Waals surface area (Å²) in [5.74, 6) is 0.873. The summed E-state index contributed by atoms with van der Waals surface area (Å²) in [7, 11) is 3.63. The number of methoxy groups -OCH3 is 1. The van der Waals surface area contributed by atoms with Crippen molar-refractivity contribution in [3.05, 3.63) is 29.8 Å². The Morgan fingerprint density at radius 3 is 2.58 bits per heavy atom. The first-order chi connectivity index (χ1) is 8.96. The third-order valence-electron chi connectivity index (χ3n) is 3.03. The Bertz CT molecular complexity index is 371. The van der Waals surface area contributed by atoms with Crippen LogP contribution in [0.3, 0.4) is 0 Å². The van der Waals surface area contributed by atoms with Crippen LogP contribution in [-0.4, -0.2) is 27.3 Å². The molecule has 1 atom stereocenters. The smallest absolute Gasteiger partial charge is 0.119 e. The van der Waals surface area contributed by atoms with Gasteiger partial charge in [-0.25, -0.2) is 0 Å². The third-order valence-corrected chi connectivity index (χ3v) is 3.03. The number of nitrogens with one attached hydrogen (secondary N) is 1. The monoisotopic (exact) mass is 265 g/mol. The van der Waals surface area contributed by atoms with Gasteiger partial charge in [0.15, 0.2) is 0 Å². The summed E-state index contributed by atoms with van der Waals surface area (Å²) in [6.07, 6.45) is 1.12. The van der Waals surface area contributed by atoms with Gasteiger partial charge in [0.2, 0.25) is 0 Å². The molecule has 108 valence electrons. The van der Waals surface area contributed by atoms with Crippen molar-refractivity contribution >= 4 is 0 Å². The predicted octanol–water partition coefficient (Wildman–Crippen LogP) is 3.41. The molecule has 3 heteroatoms. The lowest BCUT2D eigenvalue weighted by molar-refractivity contribution is 0.0380.